The van der Waals surface area contributed by atoms with Gasteiger partial charge in [-0.15, -0.1) is 12.4 Å². The molecule has 0 radical (unpaired) electrons. The van der Waals surface area contributed by atoms with Crippen molar-refractivity contribution in [1.29, 1.82) is 0 Å². The number of carboxylic acid groups (broad SMARTS) is 1. The monoisotopic (exact) mass is 182 g/mol. The topological polar surface area (TPSA) is 89.3 Å². The Hall–Kier alpha value is -0.320. The van der Waals surface area contributed by atoms with Crippen molar-refractivity contribution in [2.24, 2.45) is 16.9 Å². The minimum Gasteiger partial charge on any atom is -0.481 e. The first kappa shape index (κ1) is 13.3. The lowest BCUT2D eigenvalue weighted by atomic mass is 9.87. The second-order valence-corrected chi connectivity index (χ2v) is 2.61. The molecular formula is C6H15ClN2O2. The standard InChI is InChI=1S/C6H14N2O2.ClH/c1-6(4-8,2-3-7)5(9)10;/h2-4,7-8H2,1H3,(H,9,10);1H. The largest absolute Gasteiger partial charge is 0.481 e. The van der Waals surface area contributed by atoms with Gasteiger partial charge in [0.25, 0.3) is 0 Å². The van der Waals surface area contributed by atoms with Crippen molar-refractivity contribution < 1.29 is 9.90 Å². The summed E-state index contributed by atoms with van der Waals surface area (Å²) in [6.07, 6.45) is 0.429. The number of rotatable bonds is 4. The van der Waals surface area contributed by atoms with Gasteiger partial charge in [-0.25, -0.2) is 0 Å². The van der Waals surface area contributed by atoms with Crippen LogP contribution in [-0.4, -0.2) is 24.2 Å². The molecule has 0 spiro atoms. The van der Waals surface area contributed by atoms with Crippen LogP contribution in [0.3, 0.4) is 0 Å². The molecule has 0 aliphatic heterocycles. The van der Waals surface area contributed by atoms with Crippen LogP contribution in [0, 0.1) is 5.41 Å². The molecule has 0 aliphatic rings. The average Bonchev–Trinajstić information content (AvgIpc) is 1.88. The minimum absolute atomic E-state index is 0. The summed E-state index contributed by atoms with van der Waals surface area (Å²) in [4.78, 5) is 10.5. The zero-order valence-electron chi connectivity index (χ0n) is 6.54. The van der Waals surface area contributed by atoms with E-state index >= 15 is 0 Å². The fourth-order valence-electron chi connectivity index (χ4n) is 0.615. The predicted octanol–water partition coefficient (Wildman–Crippen LogP) is -0.193. The maximum absolute atomic E-state index is 10.5. The molecule has 5 N–H and O–H groups in total. The van der Waals surface area contributed by atoms with E-state index in [1.165, 1.54) is 0 Å². The van der Waals surface area contributed by atoms with E-state index < -0.39 is 11.4 Å². The van der Waals surface area contributed by atoms with Gasteiger partial charge in [-0.1, -0.05) is 0 Å². The Morgan fingerprint density at radius 3 is 2.09 bits per heavy atom. The third kappa shape index (κ3) is 3.55. The fourth-order valence-corrected chi connectivity index (χ4v) is 0.615. The van der Waals surface area contributed by atoms with Gasteiger partial charge in [-0.05, 0) is 19.9 Å². The van der Waals surface area contributed by atoms with E-state index in [-0.39, 0.29) is 19.0 Å². The van der Waals surface area contributed by atoms with Crippen LogP contribution in [0.5, 0.6) is 0 Å². The quantitative estimate of drug-likeness (QED) is 0.562. The normalized spacial score (nSPS) is 14.8. The Balaban J connectivity index is 0. The van der Waals surface area contributed by atoms with Gasteiger partial charge in [0.1, 0.15) is 0 Å². The molecule has 0 amide bonds. The molecule has 11 heavy (non-hydrogen) atoms. The smallest absolute Gasteiger partial charge is 0.310 e. The molecule has 0 aromatic carbocycles. The molecule has 0 aromatic rings. The molecule has 1 unspecified atom stereocenters. The second-order valence-electron chi connectivity index (χ2n) is 2.61. The van der Waals surface area contributed by atoms with Crippen molar-refractivity contribution in [3.8, 4) is 0 Å². The van der Waals surface area contributed by atoms with E-state index in [9.17, 15) is 4.79 Å². The Morgan fingerprint density at radius 1 is 1.55 bits per heavy atom. The van der Waals surface area contributed by atoms with Crippen molar-refractivity contribution in [3.63, 3.8) is 0 Å². The average molecular weight is 183 g/mol. The lowest BCUT2D eigenvalue weighted by Crippen LogP contribution is -2.37. The van der Waals surface area contributed by atoms with Gasteiger partial charge in [0.15, 0.2) is 0 Å². The highest BCUT2D eigenvalue weighted by molar-refractivity contribution is 5.85. The Labute approximate surface area is 72.4 Å². The minimum atomic E-state index is -0.875. The first-order chi connectivity index (χ1) is 4.56. The molecule has 0 fully saturated rings. The number of nitrogens with two attached hydrogens (primary N) is 2. The van der Waals surface area contributed by atoms with E-state index in [0.717, 1.165) is 0 Å². The molecule has 0 saturated carbocycles. The van der Waals surface area contributed by atoms with E-state index in [2.05, 4.69) is 0 Å². The highest BCUT2D eigenvalue weighted by atomic mass is 35.5. The predicted molar refractivity (Wildman–Crippen MR) is 45.7 cm³/mol. The maximum atomic E-state index is 10.5. The van der Waals surface area contributed by atoms with Crippen LogP contribution in [0.4, 0.5) is 0 Å². The summed E-state index contributed by atoms with van der Waals surface area (Å²) in [6.45, 7) is 2.10. The highest BCUT2D eigenvalue weighted by Gasteiger charge is 2.30. The van der Waals surface area contributed by atoms with Crippen molar-refractivity contribution in [1.82, 2.24) is 0 Å². The van der Waals surface area contributed by atoms with Gasteiger partial charge in [-0.3, -0.25) is 4.79 Å². The Morgan fingerprint density at radius 2 is 2.00 bits per heavy atom. The fraction of sp³-hybridized carbons (Fsp3) is 0.833. The first-order valence-electron chi connectivity index (χ1n) is 3.20. The van der Waals surface area contributed by atoms with E-state index in [0.29, 0.717) is 13.0 Å². The lowest BCUT2D eigenvalue weighted by Gasteiger charge is -2.20. The zero-order chi connectivity index (χ0) is 8.20. The molecule has 1 atom stereocenters. The Bertz CT molecular complexity index is 132. The van der Waals surface area contributed by atoms with Crippen molar-refractivity contribution in [3.05, 3.63) is 0 Å². The summed E-state index contributed by atoms with van der Waals surface area (Å²) in [5.74, 6) is -0.875. The number of halogens is 1. The Kier molecular flexibility index (Phi) is 6.46. The third-order valence-electron chi connectivity index (χ3n) is 1.66. The molecule has 4 nitrogen and oxygen atoms in total. The number of carbonyl (C=O) groups is 1. The van der Waals surface area contributed by atoms with Crippen LogP contribution >= 0.6 is 12.4 Å². The first-order valence-corrected chi connectivity index (χ1v) is 3.20. The van der Waals surface area contributed by atoms with Crippen LogP contribution in [0.15, 0.2) is 0 Å². The maximum Gasteiger partial charge on any atom is 0.310 e. The van der Waals surface area contributed by atoms with Crippen molar-refractivity contribution in [2.75, 3.05) is 13.1 Å². The number of carboxylic acids is 1. The van der Waals surface area contributed by atoms with Gasteiger partial charge >= 0.3 is 5.97 Å². The van der Waals surface area contributed by atoms with Crippen LogP contribution in [-0.2, 0) is 4.79 Å². The number of aliphatic carboxylic acids is 1. The summed E-state index contributed by atoms with van der Waals surface area (Å²) in [7, 11) is 0. The van der Waals surface area contributed by atoms with E-state index in [4.69, 9.17) is 16.6 Å². The molecule has 0 saturated heterocycles. The molecule has 0 rings (SSSR count). The number of hydrogen-bond acceptors (Lipinski definition) is 3. The number of hydrogen-bond donors (Lipinski definition) is 3. The summed E-state index contributed by atoms with van der Waals surface area (Å²) < 4.78 is 0. The molecule has 0 bridgehead atoms. The van der Waals surface area contributed by atoms with Gasteiger partial charge in [-0.2, -0.15) is 0 Å². The molecule has 5 heteroatoms. The van der Waals surface area contributed by atoms with Gasteiger partial charge in [0.2, 0.25) is 0 Å². The molecule has 0 aromatic heterocycles. The van der Waals surface area contributed by atoms with Gasteiger partial charge in [0, 0.05) is 6.54 Å². The van der Waals surface area contributed by atoms with Crippen LogP contribution in [0.1, 0.15) is 13.3 Å². The molecule has 68 valence electrons. The summed E-state index contributed by atoms with van der Waals surface area (Å²) >= 11 is 0. The van der Waals surface area contributed by atoms with Crippen molar-refractivity contribution >= 4 is 18.4 Å². The second kappa shape index (κ2) is 5.35. The summed E-state index contributed by atoms with van der Waals surface area (Å²) in [5, 5.41) is 8.63. The summed E-state index contributed by atoms with van der Waals surface area (Å²) in [5.41, 5.74) is 9.63. The van der Waals surface area contributed by atoms with Gasteiger partial charge in [0.05, 0.1) is 5.41 Å². The van der Waals surface area contributed by atoms with Crippen LogP contribution in [0.2, 0.25) is 0 Å². The molecule has 0 aliphatic carbocycles. The van der Waals surface area contributed by atoms with Gasteiger partial charge < -0.3 is 16.6 Å². The molecule has 0 heterocycles. The molecular weight excluding hydrogens is 168 g/mol. The van der Waals surface area contributed by atoms with E-state index in [1.54, 1.807) is 6.92 Å². The van der Waals surface area contributed by atoms with Crippen LogP contribution in [0.25, 0.3) is 0 Å². The van der Waals surface area contributed by atoms with E-state index in [1.807, 2.05) is 0 Å². The SMILES string of the molecule is CC(CN)(CCN)C(=O)O.Cl. The van der Waals surface area contributed by atoms with Crippen molar-refractivity contribution in [2.45, 2.75) is 13.3 Å². The van der Waals surface area contributed by atoms with Crippen LogP contribution < -0.4 is 11.5 Å². The highest BCUT2D eigenvalue weighted by Crippen LogP contribution is 2.18. The summed E-state index contributed by atoms with van der Waals surface area (Å²) in [6, 6.07) is 0. The lowest BCUT2D eigenvalue weighted by molar-refractivity contribution is -0.147. The third-order valence-corrected chi connectivity index (χ3v) is 1.66. The zero-order valence-corrected chi connectivity index (χ0v) is 7.36.